The van der Waals surface area contributed by atoms with E-state index < -0.39 is 0 Å². The van der Waals surface area contributed by atoms with Gasteiger partial charge in [-0.25, -0.2) is 0 Å². The van der Waals surface area contributed by atoms with E-state index in [0.29, 0.717) is 0 Å². The van der Waals surface area contributed by atoms with Crippen LogP contribution in [0.4, 0.5) is 0 Å². The third kappa shape index (κ3) is 8.83. The Hall–Kier alpha value is -0.440. The lowest BCUT2D eigenvalue weighted by molar-refractivity contribution is 0.555. The molecule has 0 atom stereocenters. The van der Waals surface area contributed by atoms with Crippen molar-refractivity contribution in [2.45, 2.75) is 52.3 Å². The minimum absolute atomic E-state index is 0. The van der Waals surface area contributed by atoms with Crippen LogP contribution in [0.3, 0.4) is 0 Å². The highest BCUT2D eigenvalue weighted by molar-refractivity contribution is 14.0. The molecular weight excluding hydrogens is 421 g/mol. The summed E-state index contributed by atoms with van der Waals surface area (Å²) in [5, 5.41) is 11.2. The molecule has 0 aliphatic carbocycles. The molecule has 0 unspecified atom stereocenters. The second-order valence-electron chi connectivity index (χ2n) is 6.09. The largest absolute Gasteiger partial charge is 0.357 e. The zero-order chi connectivity index (χ0) is 16.6. The van der Waals surface area contributed by atoms with Crippen molar-refractivity contribution in [3.8, 4) is 0 Å². The molecule has 0 aliphatic heterocycles. The van der Waals surface area contributed by atoms with Crippen LogP contribution in [0.1, 0.15) is 38.6 Å². The molecule has 0 saturated heterocycles. The maximum atomic E-state index is 4.67. The number of aryl methyl sites for hydroxylation is 3. The molecule has 23 heavy (non-hydrogen) atoms. The number of aliphatic imine (C=N–C) groups is 1. The van der Waals surface area contributed by atoms with Gasteiger partial charge in [0.1, 0.15) is 0 Å². The second-order valence-corrected chi connectivity index (χ2v) is 7.60. The quantitative estimate of drug-likeness (QED) is 0.275. The summed E-state index contributed by atoms with van der Waals surface area (Å²) >= 11 is 1.84. The van der Waals surface area contributed by atoms with Gasteiger partial charge in [0.15, 0.2) is 5.96 Å². The number of rotatable bonds is 8. The van der Waals surface area contributed by atoms with E-state index in [1.165, 1.54) is 5.69 Å². The van der Waals surface area contributed by atoms with E-state index in [0.717, 1.165) is 44.3 Å². The van der Waals surface area contributed by atoms with E-state index >= 15 is 0 Å². The summed E-state index contributed by atoms with van der Waals surface area (Å²) in [7, 11) is 0. The molecule has 1 aromatic heterocycles. The summed E-state index contributed by atoms with van der Waals surface area (Å²) < 4.78 is 2.24. The second kappa shape index (κ2) is 11.2. The molecule has 0 bridgehead atoms. The first kappa shape index (κ1) is 22.6. The van der Waals surface area contributed by atoms with Crippen molar-refractivity contribution in [1.82, 2.24) is 20.4 Å². The summed E-state index contributed by atoms with van der Waals surface area (Å²) in [5.74, 6) is 0.901. The first-order valence-corrected chi connectivity index (χ1v) is 9.19. The third-order valence-electron chi connectivity index (χ3n) is 3.46. The number of aromatic nitrogens is 2. The summed E-state index contributed by atoms with van der Waals surface area (Å²) in [6.07, 6.45) is 3.16. The average molecular weight is 453 g/mol. The molecule has 0 saturated carbocycles. The Bertz CT molecular complexity index is 485. The summed E-state index contributed by atoms with van der Waals surface area (Å²) in [5.41, 5.74) is 2.31. The van der Waals surface area contributed by atoms with Crippen LogP contribution in [0, 0.1) is 13.8 Å². The molecule has 0 aliphatic rings. The van der Waals surface area contributed by atoms with Gasteiger partial charge in [-0.2, -0.15) is 16.9 Å². The van der Waals surface area contributed by atoms with Gasteiger partial charge in [0.2, 0.25) is 0 Å². The van der Waals surface area contributed by atoms with Gasteiger partial charge in [-0.1, -0.05) is 0 Å². The fourth-order valence-electron chi connectivity index (χ4n) is 2.01. The Morgan fingerprint density at radius 1 is 1.35 bits per heavy atom. The van der Waals surface area contributed by atoms with Gasteiger partial charge in [0.05, 0.1) is 12.2 Å². The van der Waals surface area contributed by atoms with Crippen molar-refractivity contribution in [1.29, 1.82) is 0 Å². The summed E-state index contributed by atoms with van der Waals surface area (Å²) in [6, 6.07) is 2.11. The number of thioether (sulfide) groups is 1. The number of halogens is 1. The fraction of sp³-hybridized carbons (Fsp3) is 0.750. The van der Waals surface area contributed by atoms with Gasteiger partial charge in [-0.15, -0.1) is 24.0 Å². The topological polar surface area (TPSA) is 54.2 Å². The molecule has 5 nitrogen and oxygen atoms in total. The van der Waals surface area contributed by atoms with Crippen LogP contribution in [0.15, 0.2) is 11.1 Å². The molecule has 0 aromatic carbocycles. The number of nitrogens with one attached hydrogen (secondary N) is 2. The predicted octanol–water partition coefficient (Wildman–Crippen LogP) is 3.20. The smallest absolute Gasteiger partial charge is 0.191 e. The lowest BCUT2D eigenvalue weighted by Gasteiger charge is -2.20. The van der Waals surface area contributed by atoms with Gasteiger partial charge in [0.25, 0.3) is 0 Å². The van der Waals surface area contributed by atoms with Crippen molar-refractivity contribution >= 4 is 41.7 Å². The molecule has 1 aromatic rings. The normalized spacial score (nSPS) is 12.0. The van der Waals surface area contributed by atoms with Crippen molar-refractivity contribution in [2.75, 3.05) is 25.9 Å². The molecule has 0 amide bonds. The molecule has 134 valence electrons. The molecular formula is C16H32IN5S. The minimum atomic E-state index is 0. The lowest BCUT2D eigenvalue weighted by Crippen LogP contribution is -2.39. The molecule has 1 rings (SSSR count). The zero-order valence-corrected chi connectivity index (χ0v) is 18.4. The third-order valence-corrected chi connectivity index (χ3v) is 4.69. The Labute approximate surface area is 162 Å². The number of hydrogen-bond donors (Lipinski definition) is 2. The molecule has 0 radical (unpaired) electrons. The van der Waals surface area contributed by atoms with Gasteiger partial charge in [-0.05, 0) is 53.4 Å². The van der Waals surface area contributed by atoms with Crippen LogP contribution in [0.25, 0.3) is 0 Å². The van der Waals surface area contributed by atoms with Gasteiger partial charge in [-0.3, -0.25) is 9.67 Å². The van der Waals surface area contributed by atoms with Gasteiger partial charge < -0.3 is 10.6 Å². The van der Waals surface area contributed by atoms with Crippen molar-refractivity contribution in [3.05, 3.63) is 17.5 Å². The minimum Gasteiger partial charge on any atom is -0.357 e. The Morgan fingerprint density at radius 2 is 2.04 bits per heavy atom. The number of guanidine groups is 1. The molecule has 7 heteroatoms. The zero-order valence-electron chi connectivity index (χ0n) is 15.3. The number of nitrogens with zero attached hydrogens (tertiary/aromatic N) is 3. The van der Waals surface area contributed by atoms with Crippen molar-refractivity contribution < 1.29 is 0 Å². The highest BCUT2D eigenvalue weighted by Crippen LogP contribution is 2.20. The van der Waals surface area contributed by atoms with Crippen LogP contribution in [-0.2, 0) is 6.54 Å². The fourth-order valence-corrected chi connectivity index (χ4v) is 2.21. The van der Waals surface area contributed by atoms with Crippen LogP contribution < -0.4 is 10.6 Å². The monoisotopic (exact) mass is 453 g/mol. The predicted molar refractivity (Wildman–Crippen MR) is 113 cm³/mol. The molecule has 0 spiro atoms. The summed E-state index contributed by atoms with van der Waals surface area (Å²) in [4.78, 5) is 4.67. The molecule has 2 N–H and O–H groups in total. The Morgan fingerprint density at radius 3 is 2.57 bits per heavy atom. The Balaban J connectivity index is 0.00000484. The molecule has 1 heterocycles. The van der Waals surface area contributed by atoms with E-state index in [4.69, 9.17) is 0 Å². The maximum absolute atomic E-state index is 4.67. The summed E-state index contributed by atoms with van der Waals surface area (Å²) in [6.45, 7) is 14.2. The van der Waals surface area contributed by atoms with Crippen LogP contribution in [-0.4, -0.2) is 46.4 Å². The Kier molecular flexibility index (Phi) is 11.0. The lowest BCUT2D eigenvalue weighted by atomic mass is 10.2. The van der Waals surface area contributed by atoms with Gasteiger partial charge >= 0.3 is 0 Å². The van der Waals surface area contributed by atoms with E-state index in [9.17, 15) is 0 Å². The van der Waals surface area contributed by atoms with Crippen molar-refractivity contribution in [2.24, 2.45) is 4.99 Å². The van der Waals surface area contributed by atoms with Crippen LogP contribution >= 0.6 is 35.7 Å². The van der Waals surface area contributed by atoms with Crippen LogP contribution in [0.2, 0.25) is 0 Å². The first-order chi connectivity index (χ1) is 10.4. The van der Waals surface area contributed by atoms with Gasteiger partial charge in [0, 0.05) is 30.1 Å². The van der Waals surface area contributed by atoms with E-state index in [-0.39, 0.29) is 28.7 Å². The average Bonchev–Trinajstić information content (AvgIpc) is 2.79. The van der Waals surface area contributed by atoms with Crippen molar-refractivity contribution in [3.63, 3.8) is 0 Å². The van der Waals surface area contributed by atoms with E-state index in [1.54, 1.807) is 0 Å². The first-order valence-electron chi connectivity index (χ1n) is 7.96. The maximum Gasteiger partial charge on any atom is 0.191 e. The highest BCUT2D eigenvalue weighted by atomic mass is 127. The van der Waals surface area contributed by atoms with Crippen LogP contribution in [0.5, 0.6) is 0 Å². The molecule has 0 fully saturated rings. The van der Waals surface area contributed by atoms with E-state index in [1.807, 2.05) is 18.7 Å². The standard InChI is InChI=1S/C16H31N5S.HI/c1-7-17-15(19-12-16(4,5)22-6)18-9-8-10-21-14(3)11-13(2)20-21;/h11H,7-10,12H2,1-6H3,(H2,17,18,19);1H. The van der Waals surface area contributed by atoms with E-state index in [2.05, 4.69) is 65.4 Å². The number of hydrogen-bond acceptors (Lipinski definition) is 3. The highest BCUT2D eigenvalue weighted by Gasteiger charge is 2.15. The SMILES string of the molecule is CCNC(=NCC(C)(C)SC)NCCCn1nc(C)cc1C.I.